The van der Waals surface area contributed by atoms with Gasteiger partial charge in [0, 0.05) is 0 Å². The summed E-state index contributed by atoms with van der Waals surface area (Å²) in [5.74, 6) is 0. The minimum atomic E-state index is -0.205. The van der Waals surface area contributed by atoms with Crippen LogP contribution >= 0.6 is 0 Å². The van der Waals surface area contributed by atoms with Crippen LogP contribution < -0.4 is 0 Å². The Kier molecular flexibility index (Phi) is 3.08. The van der Waals surface area contributed by atoms with E-state index in [1.807, 2.05) is 0 Å². The summed E-state index contributed by atoms with van der Waals surface area (Å²) < 4.78 is 0. The molecular weight excluding hydrogens is 214 g/mol. The maximum absolute atomic E-state index is 8.94. The van der Waals surface area contributed by atoms with Crippen molar-refractivity contribution in [2.45, 2.75) is 6.92 Å². The molecule has 0 radical (unpaired) electrons. The fourth-order valence-corrected chi connectivity index (χ4v) is 1.47. The van der Waals surface area contributed by atoms with Gasteiger partial charge in [-0.2, -0.15) is 21.0 Å². The van der Waals surface area contributed by atoms with Gasteiger partial charge in [-0.3, -0.25) is 0 Å². The molecule has 0 bridgehead atoms. The van der Waals surface area contributed by atoms with Crippen molar-refractivity contribution in [3.8, 4) is 24.3 Å². The lowest BCUT2D eigenvalue weighted by atomic mass is 9.92. The zero-order valence-corrected chi connectivity index (χ0v) is 8.74. The van der Waals surface area contributed by atoms with Gasteiger partial charge in [-0.25, -0.2) is 4.85 Å². The molecule has 0 amide bonds. The van der Waals surface area contributed by atoms with Crippen LogP contribution in [0.3, 0.4) is 0 Å². The molecule has 76 valence electrons. The minimum Gasteiger partial charge on any atom is -0.236 e. The van der Waals surface area contributed by atoms with Crippen molar-refractivity contribution in [3.63, 3.8) is 0 Å². The van der Waals surface area contributed by atoms with Crippen molar-refractivity contribution in [1.29, 1.82) is 21.0 Å². The van der Waals surface area contributed by atoms with Gasteiger partial charge in [-0.1, -0.05) is 0 Å². The Labute approximate surface area is 97.8 Å². The van der Waals surface area contributed by atoms with Gasteiger partial charge in [0.2, 0.25) is 5.69 Å². The highest BCUT2D eigenvalue weighted by Gasteiger charge is 2.21. The first-order valence-electron chi connectivity index (χ1n) is 4.34. The van der Waals surface area contributed by atoms with E-state index in [1.165, 1.54) is 6.92 Å². The Morgan fingerprint density at radius 1 is 0.824 bits per heavy atom. The number of benzene rings is 1. The monoisotopic (exact) mass is 217 g/mol. The summed E-state index contributed by atoms with van der Waals surface area (Å²) >= 11 is 0. The van der Waals surface area contributed by atoms with Crippen molar-refractivity contribution < 1.29 is 0 Å². The van der Waals surface area contributed by atoms with E-state index >= 15 is 0 Å². The fourth-order valence-electron chi connectivity index (χ4n) is 1.47. The molecule has 1 aromatic carbocycles. The predicted octanol–water partition coefficient (Wildman–Crippen LogP) is 2.03. The van der Waals surface area contributed by atoms with E-state index in [-0.39, 0.29) is 33.5 Å². The van der Waals surface area contributed by atoms with Gasteiger partial charge in [-0.05, 0) is 12.5 Å². The Balaban J connectivity index is 4.10. The number of hydrogen-bond acceptors (Lipinski definition) is 4. The quantitative estimate of drug-likeness (QED) is 0.620. The summed E-state index contributed by atoms with van der Waals surface area (Å²) in [6.07, 6.45) is 0. The van der Waals surface area contributed by atoms with Crippen LogP contribution in [0.15, 0.2) is 0 Å². The van der Waals surface area contributed by atoms with Crippen LogP contribution in [0, 0.1) is 58.8 Å². The molecule has 0 unspecified atom stereocenters. The first-order valence-corrected chi connectivity index (χ1v) is 4.34. The van der Waals surface area contributed by atoms with Crippen LogP contribution in [-0.4, -0.2) is 0 Å². The molecule has 0 heterocycles. The standard InChI is InChI=1S/C12H3N5/c1-7-8(3-13)9(4-14)10(5-15)11(6-16)12(7)17-2/h1H3. The SMILES string of the molecule is [C-]#[N+]c1c(C)c(C#N)c(C#N)c(C#N)c1C#N. The normalized spacial score (nSPS) is 8.00. The van der Waals surface area contributed by atoms with Gasteiger partial charge in [0.05, 0.1) is 41.0 Å². The Morgan fingerprint density at radius 2 is 1.24 bits per heavy atom. The Hall–Kier alpha value is -3.33. The van der Waals surface area contributed by atoms with Crippen LogP contribution in [-0.2, 0) is 0 Å². The van der Waals surface area contributed by atoms with E-state index in [0.717, 1.165) is 0 Å². The van der Waals surface area contributed by atoms with E-state index in [1.54, 1.807) is 24.3 Å². The molecule has 0 aliphatic rings. The summed E-state index contributed by atoms with van der Waals surface area (Å²) in [4.78, 5) is 3.15. The predicted molar refractivity (Wildman–Crippen MR) is 56.3 cm³/mol. The number of rotatable bonds is 0. The molecule has 0 fully saturated rings. The van der Waals surface area contributed by atoms with Gasteiger partial charge in [0.1, 0.15) is 12.1 Å². The van der Waals surface area contributed by atoms with E-state index in [0.29, 0.717) is 0 Å². The summed E-state index contributed by atoms with van der Waals surface area (Å²) in [5, 5.41) is 35.7. The topological polar surface area (TPSA) is 99.5 Å². The van der Waals surface area contributed by atoms with E-state index in [2.05, 4.69) is 4.85 Å². The highest BCUT2D eigenvalue weighted by Crippen LogP contribution is 2.32. The highest BCUT2D eigenvalue weighted by atomic mass is 14.7. The molecule has 5 nitrogen and oxygen atoms in total. The number of nitrogens with zero attached hydrogens (tertiary/aromatic N) is 5. The van der Waals surface area contributed by atoms with Crippen LogP contribution in [0.2, 0.25) is 0 Å². The zero-order valence-electron chi connectivity index (χ0n) is 8.74. The van der Waals surface area contributed by atoms with E-state index in [4.69, 9.17) is 27.6 Å². The van der Waals surface area contributed by atoms with E-state index in [9.17, 15) is 0 Å². The maximum Gasteiger partial charge on any atom is 0.210 e. The van der Waals surface area contributed by atoms with Crippen molar-refractivity contribution >= 4 is 5.69 Å². The van der Waals surface area contributed by atoms with E-state index < -0.39 is 0 Å². The van der Waals surface area contributed by atoms with Crippen LogP contribution in [0.4, 0.5) is 5.69 Å². The number of nitriles is 4. The smallest absolute Gasteiger partial charge is 0.210 e. The maximum atomic E-state index is 8.94. The highest BCUT2D eigenvalue weighted by molar-refractivity contribution is 5.77. The zero-order chi connectivity index (χ0) is 13.0. The Morgan fingerprint density at radius 3 is 1.59 bits per heavy atom. The molecule has 0 aromatic heterocycles. The van der Waals surface area contributed by atoms with Gasteiger partial charge in [0.15, 0.2) is 0 Å². The molecule has 1 rings (SSSR count). The molecule has 0 saturated heterocycles. The van der Waals surface area contributed by atoms with Crippen LogP contribution in [0.5, 0.6) is 0 Å². The molecule has 0 aliphatic heterocycles. The summed E-state index contributed by atoms with van der Waals surface area (Å²) in [5.41, 5.74) is -0.293. The second-order valence-corrected chi connectivity index (χ2v) is 3.03. The average molecular weight is 217 g/mol. The second kappa shape index (κ2) is 4.46. The number of hydrogen-bond donors (Lipinski definition) is 0. The first-order chi connectivity index (χ1) is 8.15. The molecule has 0 aliphatic carbocycles. The van der Waals surface area contributed by atoms with Crippen molar-refractivity contribution in [2.24, 2.45) is 0 Å². The van der Waals surface area contributed by atoms with Gasteiger partial charge in [-0.15, -0.1) is 0 Å². The molecule has 5 heteroatoms. The average Bonchev–Trinajstić information content (AvgIpc) is 2.36. The van der Waals surface area contributed by atoms with Crippen molar-refractivity contribution in [2.75, 3.05) is 0 Å². The van der Waals surface area contributed by atoms with Gasteiger partial charge >= 0.3 is 0 Å². The molecule has 17 heavy (non-hydrogen) atoms. The third-order valence-corrected chi connectivity index (χ3v) is 2.28. The third kappa shape index (κ3) is 1.53. The first kappa shape index (κ1) is 11.7. The Bertz CT molecular complexity index is 655. The lowest BCUT2D eigenvalue weighted by Gasteiger charge is -2.07. The molecular formula is C12H3N5. The third-order valence-electron chi connectivity index (χ3n) is 2.28. The van der Waals surface area contributed by atoms with Gasteiger partial charge < -0.3 is 0 Å². The van der Waals surface area contributed by atoms with Crippen molar-refractivity contribution in [3.05, 3.63) is 39.2 Å². The molecule has 0 atom stereocenters. The lowest BCUT2D eigenvalue weighted by Crippen LogP contribution is -1.98. The molecule has 0 spiro atoms. The lowest BCUT2D eigenvalue weighted by molar-refractivity contribution is 1.32. The van der Waals surface area contributed by atoms with Crippen LogP contribution in [0.1, 0.15) is 27.8 Å². The summed E-state index contributed by atoms with van der Waals surface area (Å²) in [7, 11) is 0. The van der Waals surface area contributed by atoms with Crippen molar-refractivity contribution in [1.82, 2.24) is 0 Å². The summed E-state index contributed by atoms with van der Waals surface area (Å²) in [6.45, 7) is 8.45. The van der Waals surface area contributed by atoms with Crippen LogP contribution in [0.25, 0.3) is 4.85 Å². The second-order valence-electron chi connectivity index (χ2n) is 3.03. The fraction of sp³-hybridized carbons (Fsp3) is 0.0833. The minimum absolute atomic E-state index is 0.0194. The largest absolute Gasteiger partial charge is 0.236 e. The molecule has 0 saturated carbocycles. The summed E-state index contributed by atoms with van der Waals surface area (Å²) in [6, 6.07) is 6.96. The van der Waals surface area contributed by atoms with Gasteiger partial charge in [0.25, 0.3) is 0 Å². The molecule has 0 N–H and O–H groups in total. The molecule has 1 aromatic rings.